The van der Waals surface area contributed by atoms with Crippen molar-refractivity contribution >= 4 is 0 Å². The fourth-order valence-electron chi connectivity index (χ4n) is 1.93. The molecule has 1 N–H and O–H groups in total. The zero-order chi connectivity index (χ0) is 12.1. The molecule has 2 unspecified atom stereocenters. The first-order valence-electron chi connectivity index (χ1n) is 6.04. The minimum absolute atomic E-state index is 0.0324. The average Bonchev–Trinajstić information content (AvgIpc) is 2.81. The average molecular weight is 241 g/mol. The van der Waals surface area contributed by atoms with Crippen molar-refractivity contribution in [3.8, 4) is 0 Å². The first-order chi connectivity index (χ1) is 8.30. The van der Waals surface area contributed by atoms with Crippen molar-refractivity contribution in [2.24, 2.45) is 0 Å². The Morgan fingerprint density at radius 1 is 1.53 bits per heavy atom. The molecule has 0 aromatic carbocycles. The third kappa shape index (κ3) is 2.65. The van der Waals surface area contributed by atoms with Crippen LogP contribution in [-0.4, -0.2) is 46.0 Å². The van der Waals surface area contributed by atoms with Gasteiger partial charge in [0.15, 0.2) is 0 Å². The summed E-state index contributed by atoms with van der Waals surface area (Å²) in [6.45, 7) is 3.35. The van der Waals surface area contributed by atoms with Gasteiger partial charge in [-0.05, 0) is 6.42 Å². The summed E-state index contributed by atoms with van der Waals surface area (Å²) < 4.78 is 11.1. The highest BCUT2D eigenvalue weighted by Gasteiger charge is 2.48. The smallest absolute Gasteiger partial charge is 0.205 e. The second kappa shape index (κ2) is 5.57. The van der Waals surface area contributed by atoms with Gasteiger partial charge in [0.05, 0.1) is 31.7 Å². The van der Waals surface area contributed by atoms with Gasteiger partial charge in [0.25, 0.3) is 0 Å². The van der Waals surface area contributed by atoms with Crippen LogP contribution in [0.1, 0.15) is 26.2 Å². The van der Waals surface area contributed by atoms with E-state index < -0.39 is 5.72 Å². The first kappa shape index (κ1) is 12.5. The van der Waals surface area contributed by atoms with E-state index in [2.05, 4.69) is 17.1 Å². The van der Waals surface area contributed by atoms with Crippen molar-refractivity contribution < 1.29 is 14.6 Å². The molecule has 96 valence electrons. The lowest BCUT2D eigenvalue weighted by molar-refractivity contribution is -0.293. The normalized spacial score (nSPS) is 28.0. The summed E-state index contributed by atoms with van der Waals surface area (Å²) in [5.74, 6) is 0. The lowest BCUT2D eigenvalue weighted by Gasteiger charge is -2.45. The van der Waals surface area contributed by atoms with Crippen molar-refractivity contribution in [2.75, 3.05) is 19.8 Å². The third-order valence-electron chi connectivity index (χ3n) is 2.91. The molecule has 0 saturated carbocycles. The van der Waals surface area contributed by atoms with Crippen LogP contribution < -0.4 is 0 Å². The molecule has 0 aliphatic carbocycles. The van der Waals surface area contributed by atoms with Crippen LogP contribution in [0.4, 0.5) is 0 Å². The molecule has 1 aromatic rings. The van der Waals surface area contributed by atoms with E-state index in [9.17, 15) is 5.11 Å². The quantitative estimate of drug-likeness (QED) is 0.705. The highest BCUT2D eigenvalue weighted by atomic mass is 16.6. The Bertz CT molecular complexity index is 323. The maximum atomic E-state index is 9.37. The van der Waals surface area contributed by atoms with E-state index in [1.807, 2.05) is 0 Å². The molecule has 2 atom stereocenters. The Balaban J connectivity index is 1.76. The highest BCUT2D eigenvalue weighted by Crippen LogP contribution is 2.35. The van der Waals surface area contributed by atoms with E-state index in [0.717, 1.165) is 19.4 Å². The molecule has 0 bridgehead atoms. The maximum absolute atomic E-state index is 9.37. The molecular weight excluding hydrogens is 222 g/mol. The number of aliphatic hydroxyl groups is 1. The molecular formula is C11H19N3O3. The molecule has 0 amide bonds. The topological polar surface area (TPSA) is 69.4 Å². The van der Waals surface area contributed by atoms with Gasteiger partial charge < -0.3 is 14.6 Å². The van der Waals surface area contributed by atoms with Gasteiger partial charge in [0.2, 0.25) is 5.72 Å². The van der Waals surface area contributed by atoms with Crippen LogP contribution in [0.5, 0.6) is 0 Å². The van der Waals surface area contributed by atoms with Gasteiger partial charge >= 0.3 is 0 Å². The first-order valence-corrected chi connectivity index (χ1v) is 6.04. The second-order valence-electron chi connectivity index (χ2n) is 4.30. The summed E-state index contributed by atoms with van der Waals surface area (Å²) in [5, 5.41) is 17.4. The van der Waals surface area contributed by atoms with Gasteiger partial charge in [-0.15, -0.1) is 4.80 Å². The van der Waals surface area contributed by atoms with Crippen molar-refractivity contribution in [2.45, 2.75) is 38.0 Å². The maximum Gasteiger partial charge on any atom is 0.205 e. The van der Waals surface area contributed by atoms with Crippen LogP contribution in [0.2, 0.25) is 0 Å². The van der Waals surface area contributed by atoms with Gasteiger partial charge in [-0.3, -0.25) is 0 Å². The van der Waals surface area contributed by atoms with Crippen molar-refractivity contribution in [3.05, 3.63) is 12.4 Å². The highest BCUT2D eigenvalue weighted by molar-refractivity contribution is 4.87. The van der Waals surface area contributed by atoms with E-state index in [1.165, 1.54) is 4.80 Å². The Kier molecular flexibility index (Phi) is 4.09. The predicted molar refractivity (Wildman–Crippen MR) is 60.3 cm³/mol. The number of aromatic nitrogens is 3. The molecule has 1 aliphatic heterocycles. The van der Waals surface area contributed by atoms with Crippen molar-refractivity contribution in [3.63, 3.8) is 0 Å². The van der Waals surface area contributed by atoms with Crippen LogP contribution in [0.25, 0.3) is 0 Å². The Morgan fingerprint density at radius 3 is 2.82 bits per heavy atom. The lowest BCUT2D eigenvalue weighted by Crippen LogP contribution is -2.57. The third-order valence-corrected chi connectivity index (χ3v) is 2.91. The summed E-state index contributed by atoms with van der Waals surface area (Å²) in [5.41, 5.74) is -0.776. The van der Waals surface area contributed by atoms with Gasteiger partial charge in [0.1, 0.15) is 0 Å². The molecule has 2 heterocycles. The van der Waals surface area contributed by atoms with Crippen molar-refractivity contribution in [1.29, 1.82) is 0 Å². The van der Waals surface area contributed by atoms with Crippen LogP contribution >= 0.6 is 0 Å². The Labute approximate surface area is 101 Å². The number of ether oxygens (including phenoxy) is 2. The van der Waals surface area contributed by atoms with E-state index in [0.29, 0.717) is 13.0 Å². The minimum Gasteiger partial charge on any atom is -0.391 e. The van der Waals surface area contributed by atoms with Crippen LogP contribution in [0, 0.1) is 0 Å². The van der Waals surface area contributed by atoms with Crippen LogP contribution in [0.15, 0.2) is 12.4 Å². The number of hydrogen-bond donors (Lipinski definition) is 1. The van der Waals surface area contributed by atoms with Crippen molar-refractivity contribution in [1.82, 2.24) is 15.0 Å². The molecule has 2 rings (SSSR count). The monoisotopic (exact) mass is 241 g/mol. The SMILES string of the molecule is CCCCOCC1CC(CO)(n2nccn2)O1. The van der Waals surface area contributed by atoms with E-state index in [-0.39, 0.29) is 12.7 Å². The fourth-order valence-corrected chi connectivity index (χ4v) is 1.93. The lowest BCUT2D eigenvalue weighted by atomic mass is 9.99. The summed E-state index contributed by atoms with van der Waals surface area (Å²) in [4.78, 5) is 1.43. The zero-order valence-corrected chi connectivity index (χ0v) is 10.1. The van der Waals surface area contributed by atoms with E-state index >= 15 is 0 Å². The van der Waals surface area contributed by atoms with Gasteiger partial charge in [0, 0.05) is 13.0 Å². The molecule has 6 heteroatoms. The van der Waals surface area contributed by atoms with E-state index in [4.69, 9.17) is 9.47 Å². The van der Waals surface area contributed by atoms with E-state index in [1.54, 1.807) is 12.4 Å². The largest absolute Gasteiger partial charge is 0.391 e. The number of hydrogen-bond acceptors (Lipinski definition) is 5. The minimum atomic E-state index is -0.776. The van der Waals surface area contributed by atoms with Crippen LogP contribution in [0.3, 0.4) is 0 Å². The Morgan fingerprint density at radius 2 is 2.24 bits per heavy atom. The molecule has 0 radical (unpaired) electrons. The standard InChI is InChI=1S/C11H19N3O3/c1-2-3-6-16-8-10-7-11(9-15,17-10)14-12-4-5-13-14/h4-5,10,15H,2-3,6-9H2,1H3. The van der Waals surface area contributed by atoms with Gasteiger partial charge in [-0.2, -0.15) is 10.2 Å². The molecule has 1 aromatic heterocycles. The molecule has 17 heavy (non-hydrogen) atoms. The summed E-state index contributed by atoms with van der Waals surface area (Å²) >= 11 is 0. The summed E-state index contributed by atoms with van der Waals surface area (Å²) in [6, 6.07) is 0. The summed E-state index contributed by atoms with van der Waals surface area (Å²) in [7, 11) is 0. The van der Waals surface area contributed by atoms with Gasteiger partial charge in [-0.1, -0.05) is 13.3 Å². The van der Waals surface area contributed by atoms with Gasteiger partial charge in [-0.25, -0.2) is 0 Å². The number of rotatable bonds is 7. The fraction of sp³-hybridized carbons (Fsp3) is 0.818. The van der Waals surface area contributed by atoms with Crippen LogP contribution in [-0.2, 0) is 15.2 Å². The zero-order valence-electron chi connectivity index (χ0n) is 10.1. The summed E-state index contributed by atoms with van der Waals surface area (Å²) in [6.07, 6.45) is 6.06. The second-order valence-corrected chi connectivity index (χ2v) is 4.30. The number of unbranched alkanes of at least 4 members (excludes halogenated alkanes) is 1. The molecule has 1 fully saturated rings. The molecule has 0 spiro atoms. The molecule has 1 aliphatic rings. The number of nitrogens with zero attached hydrogens (tertiary/aromatic N) is 3. The predicted octanol–water partition coefficient (Wildman–Crippen LogP) is 0.529. The molecule has 1 saturated heterocycles. The Hall–Kier alpha value is -0.980. The number of aliphatic hydroxyl groups excluding tert-OH is 1. The molecule has 6 nitrogen and oxygen atoms in total.